The lowest BCUT2D eigenvalue weighted by Gasteiger charge is -2.31. The molecule has 1 aromatic heterocycles. The van der Waals surface area contributed by atoms with Crippen LogP contribution in [0, 0.1) is 0 Å². The van der Waals surface area contributed by atoms with Gasteiger partial charge in [-0.2, -0.15) is 0 Å². The molecule has 0 radical (unpaired) electrons. The number of carbonyl (C=O) groups excluding carboxylic acids is 1. The fourth-order valence-corrected chi connectivity index (χ4v) is 2.24. The first-order chi connectivity index (χ1) is 8.97. The van der Waals surface area contributed by atoms with Crippen LogP contribution in [0.3, 0.4) is 0 Å². The third-order valence-electron chi connectivity index (χ3n) is 2.87. The van der Waals surface area contributed by atoms with Gasteiger partial charge in [-0.1, -0.05) is 0 Å². The smallest absolute Gasteiger partial charge is 0.328 e. The Hall–Kier alpha value is -1.41. The van der Waals surface area contributed by atoms with Crippen molar-refractivity contribution in [1.29, 1.82) is 0 Å². The van der Waals surface area contributed by atoms with E-state index in [0.717, 1.165) is 0 Å². The molecule has 2 rings (SSSR count). The number of carbonyl (C=O) groups is 1. The average molecular weight is 332 g/mol. The van der Waals surface area contributed by atoms with Gasteiger partial charge >= 0.3 is 5.69 Å². The lowest BCUT2D eigenvalue weighted by atomic mass is 10.3. The second-order valence-corrected chi connectivity index (χ2v) is 5.24. The Labute approximate surface area is 117 Å². The van der Waals surface area contributed by atoms with Gasteiger partial charge in [0, 0.05) is 19.3 Å². The zero-order valence-corrected chi connectivity index (χ0v) is 12.0. The van der Waals surface area contributed by atoms with Crippen LogP contribution in [-0.2, 0) is 16.1 Å². The van der Waals surface area contributed by atoms with Crippen LogP contribution in [0.4, 0.5) is 0 Å². The van der Waals surface area contributed by atoms with Crippen LogP contribution in [0.15, 0.2) is 20.3 Å². The normalized spacial score (nSPS) is 19.5. The van der Waals surface area contributed by atoms with E-state index in [2.05, 4.69) is 20.9 Å². The molecule has 104 valence electrons. The van der Waals surface area contributed by atoms with E-state index in [1.807, 2.05) is 6.92 Å². The fraction of sp³-hybridized carbons (Fsp3) is 0.545. The molecule has 8 heteroatoms. The quantitative estimate of drug-likeness (QED) is 0.795. The van der Waals surface area contributed by atoms with Crippen LogP contribution in [0.2, 0.25) is 0 Å². The number of aromatic nitrogens is 2. The molecule has 0 spiro atoms. The average Bonchev–Trinajstić information content (AvgIpc) is 2.36. The topological polar surface area (TPSA) is 84.4 Å². The number of morpholine rings is 1. The van der Waals surface area contributed by atoms with Crippen LogP contribution >= 0.6 is 15.9 Å². The van der Waals surface area contributed by atoms with E-state index in [-0.39, 0.29) is 23.0 Å². The number of ether oxygens (including phenoxy) is 1. The number of hydrogen-bond acceptors (Lipinski definition) is 4. The standard InChI is InChI=1S/C11H14BrN3O4/c1-7-4-14(2-3-19-7)9(16)6-15-5-8(12)10(17)13-11(15)18/h5,7H,2-4,6H2,1H3,(H,13,17,18). The number of halogens is 1. The Bertz CT molecular complexity index is 594. The summed E-state index contributed by atoms with van der Waals surface area (Å²) in [5.74, 6) is -0.170. The number of aromatic amines is 1. The van der Waals surface area contributed by atoms with Crippen molar-refractivity contribution in [3.05, 3.63) is 31.5 Å². The summed E-state index contributed by atoms with van der Waals surface area (Å²) >= 11 is 3.03. The maximum Gasteiger partial charge on any atom is 0.328 e. The van der Waals surface area contributed by atoms with Gasteiger partial charge < -0.3 is 9.64 Å². The van der Waals surface area contributed by atoms with Gasteiger partial charge in [0.25, 0.3) is 5.56 Å². The number of nitrogens with one attached hydrogen (secondary N) is 1. The van der Waals surface area contributed by atoms with Gasteiger partial charge in [-0.25, -0.2) is 4.79 Å². The van der Waals surface area contributed by atoms with Crippen LogP contribution < -0.4 is 11.2 Å². The Balaban J connectivity index is 2.13. The Kier molecular flexibility index (Phi) is 4.20. The minimum absolute atomic E-state index is 0.00302. The molecule has 1 unspecified atom stereocenters. The summed E-state index contributed by atoms with van der Waals surface area (Å²) in [6.45, 7) is 3.32. The van der Waals surface area contributed by atoms with Gasteiger partial charge in [-0.15, -0.1) is 0 Å². The largest absolute Gasteiger partial charge is 0.375 e. The Morgan fingerprint density at radius 1 is 1.58 bits per heavy atom. The first-order valence-electron chi connectivity index (χ1n) is 5.86. The molecular formula is C11H14BrN3O4. The molecule has 1 N–H and O–H groups in total. The van der Waals surface area contributed by atoms with E-state index in [4.69, 9.17) is 4.74 Å². The molecule has 1 aliphatic rings. The molecule has 0 aliphatic carbocycles. The van der Waals surface area contributed by atoms with Gasteiger partial charge in [0.1, 0.15) is 6.54 Å². The van der Waals surface area contributed by atoms with Crippen LogP contribution in [0.5, 0.6) is 0 Å². The molecule has 1 amide bonds. The van der Waals surface area contributed by atoms with E-state index in [0.29, 0.717) is 19.7 Å². The monoisotopic (exact) mass is 331 g/mol. The van der Waals surface area contributed by atoms with Gasteiger partial charge in [0.2, 0.25) is 5.91 Å². The molecule has 2 heterocycles. The van der Waals surface area contributed by atoms with Crippen molar-refractivity contribution in [2.45, 2.75) is 19.6 Å². The first kappa shape index (κ1) is 14.0. The molecule has 0 saturated carbocycles. The van der Waals surface area contributed by atoms with E-state index in [1.165, 1.54) is 10.8 Å². The van der Waals surface area contributed by atoms with Crippen molar-refractivity contribution < 1.29 is 9.53 Å². The molecule has 0 aromatic carbocycles. The van der Waals surface area contributed by atoms with Gasteiger partial charge in [0.05, 0.1) is 17.2 Å². The maximum absolute atomic E-state index is 12.1. The Morgan fingerprint density at radius 3 is 3.00 bits per heavy atom. The van der Waals surface area contributed by atoms with Crippen molar-refractivity contribution in [2.24, 2.45) is 0 Å². The predicted octanol–water partition coefficient (Wildman–Crippen LogP) is -0.454. The highest BCUT2D eigenvalue weighted by Crippen LogP contribution is 2.05. The molecular weight excluding hydrogens is 318 g/mol. The summed E-state index contributed by atoms with van der Waals surface area (Å²) in [5, 5.41) is 0. The van der Waals surface area contributed by atoms with E-state index in [9.17, 15) is 14.4 Å². The highest BCUT2D eigenvalue weighted by molar-refractivity contribution is 9.10. The summed E-state index contributed by atoms with van der Waals surface area (Å²) in [6.07, 6.45) is 1.32. The third-order valence-corrected chi connectivity index (χ3v) is 3.43. The lowest BCUT2D eigenvalue weighted by Crippen LogP contribution is -2.46. The van der Waals surface area contributed by atoms with Gasteiger partial charge in [0.15, 0.2) is 0 Å². The minimum atomic E-state index is -0.595. The van der Waals surface area contributed by atoms with Crippen LogP contribution in [0.25, 0.3) is 0 Å². The molecule has 7 nitrogen and oxygen atoms in total. The number of H-pyrrole nitrogens is 1. The molecule has 1 saturated heterocycles. The van der Waals surface area contributed by atoms with Crippen molar-refractivity contribution in [1.82, 2.24) is 14.5 Å². The second-order valence-electron chi connectivity index (χ2n) is 4.39. The molecule has 1 aromatic rings. The van der Waals surface area contributed by atoms with Crippen molar-refractivity contribution in [3.8, 4) is 0 Å². The van der Waals surface area contributed by atoms with E-state index in [1.54, 1.807) is 4.90 Å². The number of nitrogens with zero attached hydrogens (tertiary/aromatic N) is 2. The summed E-state index contributed by atoms with van der Waals surface area (Å²) < 4.78 is 6.74. The van der Waals surface area contributed by atoms with Crippen molar-refractivity contribution in [2.75, 3.05) is 19.7 Å². The van der Waals surface area contributed by atoms with Crippen molar-refractivity contribution in [3.63, 3.8) is 0 Å². The molecule has 1 aliphatic heterocycles. The molecule has 0 bridgehead atoms. The van der Waals surface area contributed by atoms with Crippen LogP contribution in [0.1, 0.15) is 6.92 Å². The summed E-state index contributed by atoms with van der Waals surface area (Å²) in [5.41, 5.74) is -1.10. The molecule has 1 fully saturated rings. The summed E-state index contributed by atoms with van der Waals surface area (Å²) in [7, 11) is 0. The van der Waals surface area contributed by atoms with Crippen molar-refractivity contribution >= 4 is 21.8 Å². The van der Waals surface area contributed by atoms with Gasteiger partial charge in [-0.05, 0) is 22.9 Å². The summed E-state index contributed by atoms with van der Waals surface area (Å²) in [4.78, 5) is 38.6. The van der Waals surface area contributed by atoms with E-state index < -0.39 is 11.2 Å². The second kappa shape index (κ2) is 5.70. The SMILES string of the molecule is CC1CN(C(=O)Cn2cc(Br)c(=O)[nH]c2=O)CCO1. The first-order valence-corrected chi connectivity index (χ1v) is 6.65. The zero-order chi connectivity index (χ0) is 14.0. The number of rotatable bonds is 2. The predicted molar refractivity (Wildman–Crippen MR) is 71.0 cm³/mol. The maximum atomic E-state index is 12.1. The zero-order valence-electron chi connectivity index (χ0n) is 10.4. The summed E-state index contributed by atoms with van der Waals surface area (Å²) in [6, 6.07) is 0. The number of amides is 1. The highest BCUT2D eigenvalue weighted by Gasteiger charge is 2.21. The molecule has 1 atom stereocenters. The minimum Gasteiger partial charge on any atom is -0.375 e. The van der Waals surface area contributed by atoms with E-state index >= 15 is 0 Å². The fourth-order valence-electron chi connectivity index (χ4n) is 1.89. The Morgan fingerprint density at radius 2 is 2.32 bits per heavy atom. The lowest BCUT2D eigenvalue weighted by molar-refractivity contribution is -0.138. The third kappa shape index (κ3) is 3.32. The number of hydrogen-bond donors (Lipinski definition) is 1. The van der Waals surface area contributed by atoms with Crippen LogP contribution in [-0.4, -0.2) is 46.2 Å². The molecule has 19 heavy (non-hydrogen) atoms. The highest BCUT2D eigenvalue weighted by atomic mass is 79.9. The van der Waals surface area contributed by atoms with Gasteiger partial charge in [-0.3, -0.25) is 19.1 Å².